The first kappa shape index (κ1) is 19.4. The van der Waals surface area contributed by atoms with Crippen LogP contribution in [0.15, 0.2) is 83.5 Å². The Morgan fingerprint density at radius 1 is 0.828 bits per heavy atom. The second kappa shape index (κ2) is 9.54. The molecule has 1 aliphatic rings. The predicted molar refractivity (Wildman–Crippen MR) is 114 cm³/mol. The number of rotatable bonds is 7. The lowest BCUT2D eigenvalue weighted by Gasteiger charge is -2.35. The van der Waals surface area contributed by atoms with Crippen molar-refractivity contribution >= 4 is 11.6 Å². The molecule has 0 unspecified atom stereocenters. The van der Waals surface area contributed by atoms with Crippen LogP contribution in [0.2, 0.25) is 0 Å². The fourth-order valence-corrected chi connectivity index (χ4v) is 3.70. The van der Waals surface area contributed by atoms with Crippen LogP contribution in [0.5, 0.6) is 0 Å². The maximum atomic E-state index is 13.2. The summed E-state index contributed by atoms with van der Waals surface area (Å²) >= 11 is 0. The number of anilines is 1. The van der Waals surface area contributed by atoms with Crippen molar-refractivity contribution in [2.24, 2.45) is 0 Å². The van der Waals surface area contributed by atoms with Crippen LogP contribution in [-0.4, -0.2) is 48.4 Å². The minimum absolute atomic E-state index is 0.138. The van der Waals surface area contributed by atoms with Gasteiger partial charge in [0.2, 0.25) is 5.91 Å². The zero-order chi connectivity index (χ0) is 19.9. The van der Waals surface area contributed by atoms with Gasteiger partial charge in [0.1, 0.15) is 5.76 Å². The molecule has 0 radical (unpaired) electrons. The van der Waals surface area contributed by atoms with Gasteiger partial charge >= 0.3 is 0 Å². The van der Waals surface area contributed by atoms with E-state index in [1.165, 1.54) is 0 Å². The van der Waals surface area contributed by atoms with Gasteiger partial charge in [0.15, 0.2) is 0 Å². The van der Waals surface area contributed by atoms with Gasteiger partial charge < -0.3 is 9.32 Å². The number of hydrogen-bond acceptors (Lipinski definition) is 4. The highest BCUT2D eigenvalue weighted by atomic mass is 16.3. The molecule has 29 heavy (non-hydrogen) atoms. The summed E-state index contributed by atoms with van der Waals surface area (Å²) in [5.41, 5.74) is 2.07. The molecule has 0 aliphatic carbocycles. The van der Waals surface area contributed by atoms with E-state index in [0.29, 0.717) is 13.1 Å². The van der Waals surface area contributed by atoms with Crippen molar-refractivity contribution in [3.63, 3.8) is 0 Å². The van der Waals surface area contributed by atoms with E-state index in [2.05, 4.69) is 21.9 Å². The van der Waals surface area contributed by atoms with Crippen molar-refractivity contribution in [1.29, 1.82) is 0 Å². The average Bonchev–Trinajstić information content (AvgIpc) is 3.28. The van der Waals surface area contributed by atoms with Gasteiger partial charge in [-0.1, -0.05) is 48.5 Å². The highest BCUT2D eigenvalue weighted by Crippen LogP contribution is 2.18. The van der Waals surface area contributed by atoms with Gasteiger partial charge in [-0.15, -0.1) is 0 Å². The van der Waals surface area contributed by atoms with Crippen LogP contribution < -0.4 is 4.90 Å². The van der Waals surface area contributed by atoms with E-state index >= 15 is 0 Å². The molecule has 0 bridgehead atoms. The van der Waals surface area contributed by atoms with Crippen molar-refractivity contribution < 1.29 is 9.21 Å². The molecular weight excluding hydrogens is 362 g/mol. The van der Waals surface area contributed by atoms with Crippen LogP contribution in [0.1, 0.15) is 11.3 Å². The van der Waals surface area contributed by atoms with Crippen LogP contribution >= 0.6 is 0 Å². The third-order valence-electron chi connectivity index (χ3n) is 5.34. The summed E-state index contributed by atoms with van der Waals surface area (Å²) in [6.45, 7) is 5.52. The largest absolute Gasteiger partial charge is 0.468 e. The second-order valence-corrected chi connectivity index (χ2v) is 7.43. The summed E-state index contributed by atoms with van der Waals surface area (Å²) in [6.07, 6.45) is 1.72. The lowest BCUT2D eigenvalue weighted by Crippen LogP contribution is -2.49. The van der Waals surface area contributed by atoms with Crippen LogP contribution in [0.4, 0.5) is 5.69 Å². The van der Waals surface area contributed by atoms with Crippen molar-refractivity contribution in [1.82, 2.24) is 9.80 Å². The second-order valence-electron chi connectivity index (χ2n) is 7.43. The zero-order valence-corrected chi connectivity index (χ0v) is 16.6. The summed E-state index contributed by atoms with van der Waals surface area (Å²) in [4.78, 5) is 19.7. The van der Waals surface area contributed by atoms with E-state index in [1.54, 1.807) is 6.26 Å². The summed E-state index contributed by atoms with van der Waals surface area (Å²) in [5, 5.41) is 0. The lowest BCUT2D eigenvalue weighted by atomic mass is 10.2. The van der Waals surface area contributed by atoms with Gasteiger partial charge in [0, 0.05) is 31.9 Å². The first-order chi connectivity index (χ1) is 14.3. The maximum absolute atomic E-state index is 13.2. The first-order valence-electron chi connectivity index (χ1n) is 10.1. The molecule has 1 aromatic heterocycles. The Balaban J connectivity index is 1.37. The van der Waals surface area contributed by atoms with Gasteiger partial charge in [-0.3, -0.25) is 14.6 Å². The minimum Gasteiger partial charge on any atom is -0.468 e. The van der Waals surface area contributed by atoms with Crippen molar-refractivity contribution in [3.8, 4) is 0 Å². The highest BCUT2D eigenvalue weighted by Gasteiger charge is 2.23. The molecule has 2 heterocycles. The van der Waals surface area contributed by atoms with Crippen LogP contribution in [-0.2, 0) is 17.9 Å². The number of hydrogen-bond donors (Lipinski definition) is 0. The summed E-state index contributed by atoms with van der Waals surface area (Å²) in [7, 11) is 0. The molecule has 0 spiro atoms. The number of furan rings is 1. The molecule has 0 saturated carbocycles. The Kier molecular flexibility index (Phi) is 6.39. The number of carbonyl (C=O) groups excluding carboxylic acids is 1. The van der Waals surface area contributed by atoms with Crippen molar-refractivity contribution in [3.05, 3.63) is 90.4 Å². The topological polar surface area (TPSA) is 39.9 Å². The molecule has 150 valence electrons. The van der Waals surface area contributed by atoms with E-state index in [4.69, 9.17) is 4.42 Å². The van der Waals surface area contributed by atoms with Gasteiger partial charge in [0.25, 0.3) is 0 Å². The zero-order valence-electron chi connectivity index (χ0n) is 16.6. The molecule has 1 aliphatic heterocycles. The summed E-state index contributed by atoms with van der Waals surface area (Å²) < 4.78 is 5.45. The normalized spacial score (nSPS) is 15.3. The Labute approximate surface area is 172 Å². The quantitative estimate of drug-likeness (QED) is 0.619. The van der Waals surface area contributed by atoms with Gasteiger partial charge in [-0.25, -0.2) is 0 Å². The third kappa shape index (κ3) is 5.34. The smallest absolute Gasteiger partial charge is 0.241 e. The van der Waals surface area contributed by atoms with E-state index in [0.717, 1.165) is 49.7 Å². The fourth-order valence-electron chi connectivity index (χ4n) is 3.70. The molecule has 1 fully saturated rings. The summed E-state index contributed by atoms with van der Waals surface area (Å²) in [5.74, 6) is 1.13. The molecule has 5 heteroatoms. The molecule has 1 saturated heterocycles. The molecule has 0 N–H and O–H groups in total. The molecular formula is C24H27N3O2. The molecule has 5 nitrogen and oxygen atoms in total. The number of piperazine rings is 1. The molecule has 0 atom stereocenters. The Morgan fingerprint density at radius 3 is 2.14 bits per heavy atom. The van der Waals surface area contributed by atoms with Crippen LogP contribution in [0.25, 0.3) is 0 Å². The molecule has 2 aromatic carbocycles. The Bertz CT molecular complexity index is 873. The standard InChI is InChI=1S/C24H27N3O2/c28-24(20-26-15-13-25(14-16-26)19-23-12-7-17-29-23)27(22-10-5-2-6-11-22)18-21-8-3-1-4-9-21/h1-12,17H,13-16,18-20H2. The SMILES string of the molecule is O=C(CN1CCN(Cc2ccco2)CC1)N(Cc1ccccc1)c1ccccc1. The van der Waals surface area contributed by atoms with Gasteiger partial charge in [-0.05, 0) is 29.8 Å². The van der Waals surface area contributed by atoms with Gasteiger partial charge in [-0.2, -0.15) is 0 Å². The number of para-hydroxylation sites is 1. The van der Waals surface area contributed by atoms with E-state index in [1.807, 2.05) is 65.6 Å². The van der Waals surface area contributed by atoms with E-state index in [-0.39, 0.29) is 5.91 Å². The average molecular weight is 389 g/mol. The molecule has 1 amide bonds. The number of benzene rings is 2. The van der Waals surface area contributed by atoms with E-state index in [9.17, 15) is 4.79 Å². The molecule has 4 rings (SSSR count). The number of nitrogens with zero attached hydrogens (tertiary/aromatic N) is 3. The lowest BCUT2D eigenvalue weighted by molar-refractivity contribution is -0.120. The van der Waals surface area contributed by atoms with Crippen molar-refractivity contribution in [2.75, 3.05) is 37.6 Å². The Hall–Kier alpha value is -2.89. The van der Waals surface area contributed by atoms with Crippen molar-refractivity contribution in [2.45, 2.75) is 13.1 Å². The number of amides is 1. The molecule has 3 aromatic rings. The first-order valence-corrected chi connectivity index (χ1v) is 10.1. The maximum Gasteiger partial charge on any atom is 0.241 e. The fraction of sp³-hybridized carbons (Fsp3) is 0.292. The predicted octanol–water partition coefficient (Wildman–Crippen LogP) is 3.63. The number of carbonyl (C=O) groups is 1. The highest BCUT2D eigenvalue weighted by molar-refractivity contribution is 5.94. The van der Waals surface area contributed by atoms with Gasteiger partial charge in [0.05, 0.1) is 25.9 Å². The minimum atomic E-state index is 0.138. The monoisotopic (exact) mass is 389 g/mol. The van der Waals surface area contributed by atoms with E-state index < -0.39 is 0 Å². The van der Waals surface area contributed by atoms with Crippen LogP contribution in [0.3, 0.4) is 0 Å². The summed E-state index contributed by atoms with van der Waals surface area (Å²) in [6, 6.07) is 24.0. The van der Waals surface area contributed by atoms with Crippen LogP contribution in [0, 0.1) is 0 Å². The third-order valence-corrected chi connectivity index (χ3v) is 5.34. The Morgan fingerprint density at radius 2 is 1.48 bits per heavy atom.